The SMILES string of the molecule is CCC(C)N1CC=Cc2cnc(Nc3cc(Cl)c(Cl)c(Cl)c3)nc21. The summed E-state index contributed by atoms with van der Waals surface area (Å²) in [4.78, 5) is 11.3. The first kappa shape index (κ1) is 17.3. The van der Waals surface area contributed by atoms with Crippen LogP contribution in [0.2, 0.25) is 15.1 Å². The van der Waals surface area contributed by atoms with E-state index in [1.807, 2.05) is 12.3 Å². The van der Waals surface area contributed by atoms with E-state index in [4.69, 9.17) is 34.8 Å². The zero-order chi connectivity index (χ0) is 17.3. The third-order valence-electron chi connectivity index (χ3n) is 4.03. The van der Waals surface area contributed by atoms with Crippen LogP contribution in [-0.4, -0.2) is 22.6 Å². The van der Waals surface area contributed by atoms with Crippen LogP contribution >= 0.6 is 34.8 Å². The lowest BCUT2D eigenvalue weighted by Crippen LogP contribution is -2.35. The third-order valence-corrected chi connectivity index (χ3v) is 5.23. The molecular weight excluding hydrogens is 367 g/mol. The van der Waals surface area contributed by atoms with Gasteiger partial charge in [-0.05, 0) is 25.5 Å². The molecule has 1 aliphatic rings. The molecule has 0 fully saturated rings. The van der Waals surface area contributed by atoms with Gasteiger partial charge in [0.25, 0.3) is 0 Å². The highest BCUT2D eigenvalue weighted by Gasteiger charge is 2.20. The van der Waals surface area contributed by atoms with Gasteiger partial charge in [-0.25, -0.2) is 4.98 Å². The lowest BCUT2D eigenvalue weighted by Gasteiger charge is -2.32. The van der Waals surface area contributed by atoms with Crippen molar-refractivity contribution in [1.82, 2.24) is 9.97 Å². The van der Waals surface area contributed by atoms with Gasteiger partial charge in [-0.2, -0.15) is 4.98 Å². The van der Waals surface area contributed by atoms with E-state index in [1.54, 1.807) is 12.1 Å². The first-order valence-electron chi connectivity index (χ1n) is 7.71. The van der Waals surface area contributed by atoms with Gasteiger partial charge in [0.05, 0.1) is 15.1 Å². The molecule has 0 radical (unpaired) electrons. The van der Waals surface area contributed by atoms with Crippen LogP contribution < -0.4 is 10.2 Å². The summed E-state index contributed by atoms with van der Waals surface area (Å²) in [6.07, 6.45) is 7.04. The van der Waals surface area contributed by atoms with E-state index < -0.39 is 0 Å². The number of rotatable bonds is 4. The number of halogens is 3. The van der Waals surface area contributed by atoms with E-state index in [2.05, 4.69) is 40.1 Å². The zero-order valence-electron chi connectivity index (χ0n) is 13.4. The van der Waals surface area contributed by atoms with Crippen molar-refractivity contribution < 1.29 is 0 Å². The molecule has 0 saturated carbocycles. The van der Waals surface area contributed by atoms with Crippen LogP contribution in [-0.2, 0) is 0 Å². The van der Waals surface area contributed by atoms with Gasteiger partial charge in [0.2, 0.25) is 5.95 Å². The molecular formula is C17H17Cl3N4. The molecule has 2 aromatic rings. The molecule has 0 aliphatic carbocycles. The number of benzene rings is 1. The molecule has 3 rings (SSSR count). The molecule has 1 N–H and O–H groups in total. The average molecular weight is 384 g/mol. The standard InChI is InChI=1S/C17H17Cl3N4/c1-3-10(2)24-6-4-5-11-9-21-17(23-16(11)24)22-12-7-13(18)15(20)14(19)8-12/h4-5,7-10H,3,6H2,1-2H3,(H,21,22,23). The smallest absolute Gasteiger partial charge is 0.229 e. The molecule has 0 bridgehead atoms. The minimum absolute atomic E-state index is 0.336. The summed E-state index contributed by atoms with van der Waals surface area (Å²) in [5.74, 6) is 1.42. The Balaban J connectivity index is 1.92. The number of hydrogen-bond donors (Lipinski definition) is 1. The zero-order valence-corrected chi connectivity index (χ0v) is 15.6. The van der Waals surface area contributed by atoms with Gasteiger partial charge in [-0.15, -0.1) is 0 Å². The molecule has 4 nitrogen and oxygen atoms in total. The minimum Gasteiger partial charge on any atom is -0.350 e. The molecule has 126 valence electrons. The number of nitrogens with one attached hydrogen (secondary N) is 1. The van der Waals surface area contributed by atoms with Gasteiger partial charge in [0, 0.05) is 30.0 Å². The topological polar surface area (TPSA) is 41.1 Å². The Labute approximate surface area is 156 Å². The molecule has 1 atom stereocenters. The second-order valence-corrected chi connectivity index (χ2v) is 6.86. The highest BCUT2D eigenvalue weighted by Crippen LogP contribution is 2.34. The molecule has 1 aromatic heterocycles. The van der Waals surface area contributed by atoms with Gasteiger partial charge in [-0.1, -0.05) is 53.9 Å². The van der Waals surface area contributed by atoms with E-state index in [1.165, 1.54) is 0 Å². The number of fused-ring (bicyclic) bond motifs is 1. The van der Waals surface area contributed by atoms with Crippen LogP contribution in [0.1, 0.15) is 25.8 Å². The fraction of sp³-hybridized carbons (Fsp3) is 0.294. The van der Waals surface area contributed by atoms with E-state index in [0.717, 1.165) is 24.3 Å². The van der Waals surface area contributed by atoms with E-state index >= 15 is 0 Å². The highest BCUT2D eigenvalue weighted by atomic mass is 35.5. The van der Waals surface area contributed by atoms with Gasteiger partial charge < -0.3 is 10.2 Å². The second-order valence-electron chi connectivity index (χ2n) is 5.66. The number of anilines is 3. The maximum atomic E-state index is 6.07. The fourth-order valence-electron chi connectivity index (χ4n) is 2.54. The van der Waals surface area contributed by atoms with Crippen molar-refractivity contribution in [2.24, 2.45) is 0 Å². The summed E-state index contributed by atoms with van der Waals surface area (Å²) in [7, 11) is 0. The maximum Gasteiger partial charge on any atom is 0.229 e. The lowest BCUT2D eigenvalue weighted by atomic mass is 10.1. The predicted octanol–water partition coefficient (Wildman–Crippen LogP) is 5.81. The first-order valence-corrected chi connectivity index (χ1v) is 8.84. The van der Waals surface area contributed by atoms with Crippen molar-refractivity contribution in [2.75, 3.05) is 16.8 Å². The van der Waals surface area contributed by atoms with Crippen LogP contribution in [0.25, 0.3) is 6.08 Å². The summed E-state index contributed by atoms with van der Waals surface area (Å²) in [6, 6.07) is 3.80. The van der Waals surface area contributed by atoms with Gasteiger partial charge >= 0.3 is 0 Å². The van der Waals surface area contributed by atoms with Crippen molar-refractivity contribution in [3.63, 3.8) is 0 Å². The molecule has 1 aromatic carbocycles. The maximum absolute atomic E-state index is 6.07. The van der Waals surface area contributed by atoms with Crippen molar-refractivity contribution in [3.8, 4) is 0 Å². The van der Waals surface area contributed by atoms with Crippen molar-refractivity contribution in [2.45, 2.75) is 26.3 Å². The van der Waals surface area contributed by atoms with E-state index in [0.29, 0.717) is 32.7 Å². The minimum atomic E-state index is 0.336. The molecule has 2 heterocycles. The Morgan fingerprint density at radius 2 is 1.96 bits per heavy atom. The first-order chi connectivity index (χ1) is 11.5. The molecule has 0 saturated heterocycles. The normalized spacial score (nSPS) is 14.5. The molecule has 0 spiro atoms. The second kappa shape index (κ2) is 7.18. The Bertz CT molecular complexity index is 768. The summed E-state index contributed by atoms with van der Waals surface area (Å²) in [5.41, 5.74) is 1.70. The number of hydrogen-bond acceptors (Lipinski definition) is 4. The van der Waals surface area contributed by atoms with Crippen LogP contribution in [0.4, 0.5) is 17.5 Å². The monoisotopic (exact) mass is 382 g/mol. The number of nitrogens with zero attached hydrogens (tertiary/aromatic N) is 3. The van der Waals surface area contributed by atoms with Crippen LogP contribution in [0.5, 0.6) is 0 Å². The van der Waals surface area contributed by atoms with E-state index in [9.17, 15) is 0 Å². The Hall–Kier alpha value is -1.49. The molecule has 7 heteroatoms. The van der Waals surface area contributed by atoms with Crippen LogP contribution in [0.15, 0.2) is 24.4 Å². The van der Waals surface area contributed by atoms with Gasteiger partial charge in [0.15, 0.2) is 0 Å². The molecule has 1 aliphatic heterocycles. The summed E-state index contributed by atoms with van der Waals surface area (Å²) >= 11 is 18.1. The third kappa shape index (κ3) is 3.46. The molecule has 0 amide bonds. The summed E-state index contributed by atoms with van der Waals surface area (Å²) in [6.45, 7) is 5.20. The highest BCUT2D eigenvalue weighted by molar-refractivity contribution is 6.48. The number of aromatic nitrogens is 2. The van der Waals surface area contributed by atoms with Crippen molar-refractivity contribution in [3.05, 3.63) is 45.0 Å². The quantitative estimate of drug-likeness (QED) is 0.676. The Morgan fingerprint density at radius 1 is 1.25 bits per heavy atom. The average Bonchev–Trinajstić information content (AvgIpc) is 2.58. The predicted molar refractivity (Wildman–Crippen MR) is 103 cm³/mol. The summed E-state index contributed by atoms with van der Waals surface area (Å²) < 4.78 is 0. The van der Waals surface area contributed by atoms with E-state index in [-0.39, 0.29) is 0 Å². The fourth-order valence-corrected chi connectivity index (χ4v) is 3.13. The molecule has 24 heavy (non-hydrogen) atoms. The Morgan fingerprint density at radius 3 is 2.62 bits per heavy atom. The molecule has 1 unspecified atom stereocenters. The van der Waals surface area contributed by atoms with Gasteiger partial charge in [0.1, 0.15) is 5.82 Å². The Kier molecular flexibility index (Phi) is 5.18. The lowest BCUT2D eigenvalue weighted by molar-refractivity contribution is 0.632. The van der Waals surface area contributed by atoms with Crippen LogP contribution in [0, 0.1) is 0 Å². The van der Waals surface area contributed by atoms with Crippen LogP contribution in [0.3, 0.4) is 0 Å². The van der Waals surface area contributed by atoms with Crippen molar-refractivity contribution in [1.29, 1.82) is 0 Å². The van der Waals surface area contributed by atoms with Gasteiger partial charge in [-0.3, -0.25) is 0 Å². The summed E-state index contributed by atoms with van der Waals surface area (Å²) in [5, 5.41) is 4.24. The largest absolute Gasteiger partial charge is 0.350 e. The van der Waals surface area contributed by atoms with Crippen molar-refractivity contribution >= 4 is 58.3 Å².